The minimum atomic E-state index is -0.296. The van der Waals surface area contributed by atoms with Crippen molar-refractivity contribution >= 4 is 5.97 Å². The van der Waals surface area contributed by atoms with Gasteiger partial charge in [0.2, 0.25) is 0 Å². The van der Waals surface area contributed by atoms with Gasteiger partial charge >= 0.3 is 5.97 Å². The van der Waals surface area contributed by atoms with Crippen molar-refractivity contribution in [3.63, 3.8) is 0 Å². The SMILES string of the molecule is CCOC(=O)/C=C/CN1CCC(C)C1CO. The Morgan fingerprint density at radius 2 is 2.38 bits per heavy atom. The van der Waals surface area contributed by atoms with Crippen LogP contribution in [0.2, 0.25) is 0 Å². The number of aliphatic hydroxyl groups excluding tert-OH is 1. The summed E-state index contributed by atoms with van der Waals surface area (Å²) in [6, 6.07) is 0.229. The number of carbonyl (C=O) groups is 1. The van der Waals surface area contributed by atoms with E-state index in [1.807, 2.05) is 0 Å². The maximum atomic E-state index is 11.1. The molecule has 2 unspecified atom stereocenters. The van der Waals surface area contributed by atoms with E-state index in [1.165, 1.54) is 6.08 Å². The molecule has 1 rings (SSSR count). The lowest BCUT2D eigenvalue weighted by Gasteiger charge is -2.23. The summed E-state index contributed by atoms with van der Waals surface area (Å²) in [5.74, 6) is 0.233. The fourth-order valence-electron chi connectivity index (χ4n) is 2.08. The molecule has 92 valence electrons. The van der Waals surface area contributed by atoms with Gasteiger partial charge in [-0.1, -0.05) is 13.0 Å². The lowest BCUT2D eigenvalue weighted by Crippen LogP contribution is -2.35. The number of hydrogen-bond acceptors (Lipinski definition) is 4. The Labute approximate surface area is 96.9 Å². The van der Waals surface area contributed by atoms with E-state index < -0.39 is 0 Å². The van der Waals surface area contributed by atoms with Gasteiger partial charge in [-0.15, -0.1) is 0 Å². The van der Waals surface area contributed by atoms with Crippen LogP contribution in [0.15, 0.2) is 12.2 Å². The maximum Gasteiger partial charge on any atom is 0.330 e. The van der Waals surface area contributed by atoms with Gasteiger partial charge in [0.05, 0.1) is 13.2 Å². The Bertz CT molecular complexity index is 253. The van der Waals surface area contributed by atoms with Gasteiger partial charge in [0.1, 0.15) is 0 Å². The third-order valence-corrected chi connectivity index (χ3v) is 3.07. The van der Waals surface area contributed by atoms with Crippen LogP contribution in [0.4, 0.5) is 0 Å². The highest BCUT2D eigenvalue weighted by molar-refractivity contribution is 5.81. The zero-order valence-corrected chi connectivity index (χ0v) is 10.1. The minimum absolute atomic E-state index is 0.189. The lowest BCUT2D eigenvalue weighted by atomic mass is 10.0. The van der Waals surface area contributed by atoms with Crippen molar-refractivity contribution in [1.82, 2.24) is 4.90 Å². The van der Waals surface area contributed by atoms with E-state index in [2.05, 4.69) is 11.8 Å². The average Bonchev–Trinajstić information content (AvgIpc) is 2.60. The van der Waals surface area contributed by atoms with E-state index in [0.29, 0.717) is 19.1 Å². The molecule has 0 aromatic rings. The molecular formula is C12H21NO3. The van der Waals surface area contributed by atoms with Gasteiger partial charge in [-0.3, -0.25) is 4.90 Å². The molecule has 0 amide bonds. The van der Waals surface area contributed by atoms with Crippen molar-refractivity contribution < 1.29 is 14.6 Å². The lowest BCUT2D eigenvalue weighted by molar-refractivity contribution is -0.137. The summed E-state index contributed by atoms with van der Waals surface area (Å²) in [4.78, 5) is 13.3. The molecule has 0 radical (unpaired) electrons. The van der Waals surface area contributed by atoms with Crippen molar-refractivity contribution in [2.75, 3.05) is 26.3 Å². The monoisotopic (exact) mass is 227 g/mol. The van der Waals surface area contributed by atoms with Gasteiger partial charge in [-0.05, 0) is 25.8 Å². The number of aliphatic hydroxyl groups is 1. The second-order valence-corrected chi connectivity index (χ2v) is 4.17. The molecule has 0 saturated carbocycles. The van der Waals surface area contributed by atoms with Crippen LogP contribution in [0.3, 0.4) is 0 Å². The number of likely N-dealkylation sites (tertiary alicyclic amines) is 1. The molecule has 0 aliphatic carbocycles. The van der Waals surface area contributed by atoms with E-state index >= 15 is 0 Å². The molecule has 2 atom stereocenters. The zero-order chi connectivity index (χ0) is 12.0. The van der Waals surface area contributed by atoms with Crippen LogP contribution in [0.5, 0.6) is 0 Å². The third kappa shape index (κ3) is 3.61. The molecule has 0 bridgehead atoms. The van der Waals surface area contributed by atoms with Crippen LogP contribution in [-0.4, -0.2) is 48.3 Å². The Balaban J connectivity index is 2.34. The third-order valence-electron chi connectivity index (χ3n) is 3.07. The molecule has 1 N–H and O–H groups in total. The van der Waals surface area contributed by atoms with Crippen molar-refractivity contribution in [1.29, 1.82) is 0 Å². The van der Waals surface area contributed by atoms with Gasteiger partial charge in [-0.25, -0.2) is 4.79 Å². The van der Waals surface area contributed by atoms with Crippen LogP contribution in [-0.2, 0) is 9.53 Å². The quantitative estimate of drug-likeness (QED) is 0.558. The van der Waals surface area contributed by atoms with E-state index in [9.17, 15) is 9.90 Å². The summed E-state index contributed by atoms with van der Waals surface area (Å²) in [5, 5.41) is 9.24. The number of rotatable bonds is 5. The molecule has 1 saturated heterocycles. The van der Waals surface area contributed by atoms with Gasteiger partial charge in [-0.2, -0.15) is 0 Å². The maximum absolute atomic E-state index is 11.1. The molecule has 0 aromatic heterocycles. The smallest absolute Gasteiger partial charge is 0.330 e. The molecule has 0 spiro atoms. The molecular weight excluding hydrogens is 206 g/mol. The normalized spacial score (nSPS) is 26.4. The van der Waals surface area contributed by atoms with Gasteiger partial charge in [0.25, 0.3) is 0 Å². The highest BCUT2D eigenvalue weighted by Gasteiger charge is 2.29. The highest BCUT2D eigenvalue weighted by atomic mass is 16.5. The van der Waals surface area contributed by atoms with Gasteiger partial charge in [0.15, 0.2) is 0 Å². The van der Waals surface area contributed by atoms with Crippen LogP contribution >= 0.6 is 0 Å². The number of nitrogens with zero attached hydrogens (tertiary/aromatic N) is 1. The standard InChI is InChI=1S/C12H21NO3/c1-3-16-12(15)5-4-7-13-8-6-10(2)11(13)9-14/h4-5,10-11,14H,3,6-9H2,1-2H3/b5-4+. The Hall–Kier alpha value is -0.870. The average molecular weight is 227 g/mol. The number of ether oxygens (including phenoxy) is 1. The van der Waals surface area contributed by atoms with Crippen LogP contribution < -0.4 is 0 Å². The molecule has 1 fully saturated rings. The first-order valence-electron chi connectivity index (χ1n) is 5.87. The number of esters is 1. The van der Waals surface area contributed by atoms with Crippen LogP contribution in [0.1, 0.15) is 20.3 Å². The van der Waals surface area contributed by atoms with E-state index in [4.69, 9.17) is 4.74 Å². The molecule has 0 aromatic carbocycles. The van der Waals surface area contributed by atoms with Gasteiger partial charge < -0.3 is 9.84 Å². The van der Waals surface area contributed by atoms with E-state index in [0.717, 1.165) is 13.0 Å². The highest BCUT2D eigenvalue weighted by Crippen LogP contribution is 2.22. The number of carbonyl (C=O) groups excluding carboxylic acids is 1. The summed E-state index contributed by atoms with van der Waals surface area (Å²) < 4.78 is 4.79. The number of hydrogen-bond donors (Lipinski definition) is 1. The second kappa shape index (κ2) is 6.66. The topological polar surface area (TPSA) is 49.8 Å². The summed E-state index contributed by atoms with van der Waals surface area (Å²) in [7, 11) is 0. The Kier molecular flexibility index (Phi) is 5.49. The summed E-state index contributed by atoms with van der Waals surface area (Å²) in [6.07, 6.45) is 4.37. The first-order valence-corrected chi connectivity index (χ1v) is 5.87. The van der Waals surface area contributed by atoms with Crippen molar-refractivity contribution in [2.45, 2.75) is 26.3 Å². The van der Waals surface area contributed by atoms with Crippen molar-refractivity contribution in [3.05, 3.63) is 12.2 Å². The Morgan fingerprint density at radius 1 is 1.62 bits per heavy atom. The molecule has 4 heteroatoms. The summed E-state index contributed by atoms with van der Waals surface area (Å²) >= 11 is 0. The van der Waals surface area contributed by atoms with Gasteiger partial charge in [0, 0.05) is 18.7 Å². The predicted molar refractivity (Wildman–Crippen MR) is 62.0 cm³/mol. The zero-order valence-electron chi connectivity index (χ0n) is 10.1. The molecule has 1 heterocycles. The first-order chi connectivity index (χ1) is 7.69. The second-order valence-electron chi connectivity index (χ2n) is 4.17. The molecule has 4 nitrogen and oxygen atoms in total. The summed E-state index contributed by atoms with van der Waals surface area (Å²) in [6.45, 7) is 6.22. The van der Waals surface area contributed by atoms with E-state index in [-0.39, 0.29) is 18.6 Å². The predicted octanol–water partition coefficient (Wildman–Crippen LogP) is 0.808. The van der Waals surface area contributed by atoms with E-state index in [1.54, 1.807) is 13.0 Å². The molecule has 1 aliphatic rings. The summed E-state index contributed by atoms with van der Waals surface area (Å²) in [5.41, 5.74) is 0. The van der Waals surface area contributed by atoms with Crippen molar-refractivity contribution in [2.24, 2.45) is 5.92 Å². The fourth-order valence-corrected chi connectivity index (χ4v) is 2.08. The molecule has 16 heavy (non-hydrogen) atoms. The Morgan fingerprint density at radius 3 is 3.00 bits per heavy atom. The molecule has 1 aliphatic heterocycles. The fraction of sp³-hybridized carbons (Fsp3) is 0.750. The largest absolute Gasteiger partial charge is 0.463 e. The van der Waals surface area contributed by atoms with Crippen LogP contribution in [0, 0.1) is 5.92 Å². The first kappa shape index (κ1) is 13.2. The minimum Gasteiger partial charge on any atom is -0.463 e. The van der Waals surface area contributed by atoms with Crippen LogP contribution in [0.25, 0.3) is 0 Å². The van der Waals surface area contributed by atoms with Crippen molar-refractivity contribution in [3.8, 4) is 0 Å².